The summed E-state index contributed by atoms with van der Waals surface area (Å²) in [5.41, 5.74) is 6.15. The fourth-order valence-corrected chi connectivity index (χ4v) is 6.38. The fourth-order valence-electron chi connectivity index (χ4n) is 4.79. The van der Waals surface area contributed by atoms with Gasteiger partial charge in [0.15, 0.2) is 5.65 Å². The van der Waals surface area contributed by atoms with Crippen LogP contribution in [-0.4, -0.2) is 40.0 Å². The molecule has 1 aliphatic rings. The minimum atomic E-state index is -4.15. The summed E-state index contributed by atoms with van der Waals surface area (Å²) in [7, 11) is -4.15. The number of anilines is 2. The molecule has 5 rings (SSSR count). The van der Waals surface area contributed by atoms with Gasteiger partial charge in [-0.2, -0.15) is 4.98 Å². The first-order valence-electron chi connectivity index (χ1n) is 12.9. The highest BCUT2D eigenvalue weighted by atomic mass is 35.5. The van der Waals surface area contributed by atoms with Crippen molar-refractivity contribution in [3.63, 3.8) is 0 Å². The minimum Gasteiger partial charge on any atom is -0.351 e. The topological polar surface area (TPSA) is 145 Å². The van der Waals surface area contributed by atoms with E-state index in [9.17, 15) is 13.2 Å². The summed E-state index contributed by atoms with van der Waals surface area (Å²) in [6.45, 7) is 3.69. The van der Waals surface area contributed by atoms with Crippen LogP contribution >= 0.6 is 11.6 Å². The van der Waals surface area contributed by atoms with Crippen LogP contribution in [0.15, 0.2) is 58.4 Å². The van der Waals surface area contributed by atoms with E-state index in [1.165, 1.54) is 41.1 Å². The maximum atomic E-state index is 15.1. The molecule has 0 aliphatic heterocycles. The number of sulfonamides is 1. The Labute approximate surface area is 235 Å². The Hall–Kier alpha value is -3.61. The molecule has 10 nitrogen and oxygen atoms in total. The van der Waals surface area contributed by atoms with Crippen molar-refractivity contribution in [2.24, 2.45) is 5.73 Å². The van der Waals surface area contributed by atoms with Gasteiger partial charge in [-0.05, 0) is 63.8 Å². The second kappa shape index (κ2) is 11.1. The Morgan fingerprint density at radius 3 is 2.50 bits per heavy atom. The van der Waals surface area contributed by atoms with Crippen LogP contribution in [0.25, 0.3) is 22.4 Å². The molecular weight excluding hydrogens is 557 g/mol. The molecule has 0 saturated heterocycles. The largest absolute Gasteiger partial charge is 0.351 e. The second-order valence-electron chi connectivity index (χ2n) is 10.1. The number of hydrogen-bond acceptors (Lipinski definition) is 8. The molecule has 2 aromatic heterocycles. The predicted octanol–water partition coefficient (Wildman–Crippen LogP) is 4.71. The number of halogens is 2. The monoisotopic (exact) mass is 585 g/mol. The van der Waals surface area contributed by atoms with Crippen LogP contribution in [-0.2, 0) is 10.0 Å². The normalized spacial score (nSPS) is 17.8. The molecule has 4 aromatic rings. The molecule has 0 radical (unpaired) electrons. The summed E-state index contributed by atoms with van der Waals surface area (Å²) in [5, 5.41) is 3.34. The second-order valence-corrected chi connectivity index (χ2v) is 12.2. The minimum absolute atomic E-state index is 0.00476. The summed E-state index contributed by atoms with van der Waals surface area (Å²) in [6, 6.07) is 9.71. The van der Waals surface area contributed by atoms with Gasteiger partial charge in [-0.1, -0.05) is 29.8 Å². The van der Waals surface area contributed by atoms with E-state index in [2.05, 4.69) is 25.0 Å². The number of nitrogens with one attached hydrogen (secondary N) is 2. The van der Waals surface area contributed by atoms with E-state index < -0.39 is 21.4 Å². The molecule has 1 aliphatic carbocycles. The van der Waals surface area contributed by atoms with Crippen molar-refractivity contribution in [2.45, 2.75) is 62.6 Å². The van der Waals surface area contributed by atoms with Gasteiger partial charge in [-0.15, -0.1) is 0 Å². The molecule has 0 amide bonds. The third-order valence-electron chi connectivity index (χ3n) is 6.87. The summed E-state index contributed by atoms with van der Waals surface area (Å²) < 4.78 is 44.4. The van der Waals surface area contributed by atoms with Crippen LogP contribution in [0.1, 0.15) is 45.6 Å². The Morgan fingerprint density at radius 2 is 1.82 bits per heavy atom. The molecule has 0 unspecified atom stereocenters. The van der Waals surface area contributed by atoms with Gasteiger partial charge in [0, 0.05) is 23.7 Å². The van der Waals surface area contributed by atoms with Crippen molar-refractivity contribution in [3.05, 3.63) is 69.9 Å². The lowest BCUT2D eigenvalue weighted by atomic mass is 9.92. The van der Waals surface area contributed by atoms with Gasteiger partial charge in [0.2, 0.25) is 5.95 Å². The number of rotatable bonds is 7. The fraction of sp³-hybridized carbons (Fsp3) is 0.333. The summed E-state index contributed by atoms with van der Waals surface area (Å²) in [6.07, 6.45) is 5.19. The quantitative estimate of drug-likeness (QED) is 0.283. The first kappa shape index (κ1) is 27.9. The lowest BCUT2D eigenvalue weighted by Crippen LogP contribution is -2.33. The first-order chi connectivity index (χ1) is 19.0. The molecule has 0 atom stereocenters. The van der Waals surface area contributed by atoms with Gasteiger partial charge >= 0.3 is 0 Å². The maximum Gasteiger partial charge on any atom is 0.278 e. The van der Waals surface area contributed by atoms with Crippen molar-refractivity contribution < 1.29 is 12.8 Å². The highest BCUT2D eigenvalue weighted by Gasteiger charge is 2.23. The van der Waals surface area contributed by atoms with Crippen molar-refractivity contribution in [2.75, 3.05) is 10.0 Å². The molecule has 2 aromatic carbocycles. The van der Waals surface area contributed by atoms with Crippen LogP contribution in [0, 0.1) is 5.82 Å². The smallest absolute Gasteiger partial charge is 0.278 e. The average molecular weight is 586 g/mol. The molecule has 40 heavy (non-hydrogen) atoms. The van der Waals surface area contributed by atoms with Crippen LogP contribution in [0.2, 0.25) is 5.02 Å². The van der Waals surface area contributed by atoms with E-state index in [1.807, 2.05) is 13.8 Å². The lowest BCUT2D eigenvalue weighted by molar-refractivity contribution is 0.410. The molecule has 13 heteroatoms. The van der Waals surface area contributed by atoms with Crippen molar-refractivity contribution in [1.82, 2.24) is 19.5 Å². The Bertz CT molecular complexity index is 1740. The zero-order valence-corrected chi connectivity index (χ0v) is 23.5. The zero-order chi connectivity index (χ0) is 28.6. The summed E-state index contributed by atoms with van der Waals surface area (Å²) >= 11 is 6.01. The molecule has 1 saturated carbocycles. The van der Waals surface area contributed by atoms with E-state index in [-0.39, 0.29) is 45.0 Å². The van der Waals surface area contributed by atoms with Gasteiger partial charge in [0.25, 0.3) is 15.6 Å². The van der Waals surface area contributed by atoms with E-state index >= 15 is 4.39 Å². The Kier molecular flexibility index (Phi) is 7.76. The number of fused-ring (bicyclic) bond motifs is 1. The predicted molar refractivity (Wildman–Crippen MR) is 153 cm³/mol. The molecule has 210 valence electrons. The van der Waals surface area contributed by atoms with Gasteiger partial charge in [0.05, 0.1) is 16.9 Å². The molecule has 0 spiro atoms. The SMILES string of the molecule is CC(C)n1c(=O)c(-c2ccc(NS(=O)(=O)c3ccccc3Cl)c(F)c2)nc2cnc(NC3CCC(N)CC3)nc21. The van der Waals surface area contributed by atoms with E-state index in [0.717, 1.165) is 31.7 Å². The van der Waals surface area contributed by atoms with Gasteiger partial charge in [-0.3, -0.25) is 14.1 Å². The molecule has 1 fully saturated rings. The van der Waals surface area contributed by atoms with E-state index in [0.29, 0.717) is 17.1 Å². The van der Waals surface area contributed by atoms with Crippen LogP contribution in [0.5, 0.6) is 0 Å². The Balaban J connectivity index is 1.48. The van der Waals surface area contributed by atoms with E-state index in [1.54, 1.807) is 6.07 Å². The van der Waals surface area contributed by atoms with Crippen LogP contribution < -0.4 is 21.3 Å². The number of nitrogens with zero attached hydrogens (tertiary/aromatic N) is 4. The first-order valence-corrected chi connectivity index (χ1v) is 14.8. The summed E-state index contributed by atoms with van der Waals surface area (Å²) in [4.78, 5) is 26.8. The number of aromatic nitrogens is 4. The van der Waals surface area contributed by atoms with Crippen molar-refractivity contribution in [3.8, 4) is 11.3 Å². The number of nitrogens with two attached hydrogens (primary N) is 1. The van der Waals surface area contributed by atoms with Crippen molar-refractivity contribution in [1.29, 1.82) is 0 Å². The molecule has 0 bridgehead atoms. The lowest BCUT2D eigenvalue weighted by Gasteiger charge is -2.26. The summed E-state index contributed by atoms with van der Waals surface area (Å²) in [5.74, 6) is -0.481. The molecule has 4 N–H and O–H groups in total. The third-order valence-corrected chi connectivity index (χ3v) is 8.73. The molecule has 2 heterocycles. The number of benzene rings is 2. The van der Waals surface area contributed by atoms with Gasteiger partial charge in [-0.25, -0.2) is 22.8 Å². The van der Waals surface area contributed by atoms with Crippen molar-refractivity contribution >= 4 is 44.4 Å². The highest BCUT2D eigenvalue weighted by Crippen LogP contribution is 2.28. The van der Waals surface area contributed by atoms with Crippen LogP contribution in [0.3, 0.4) is 0 Å². The van der Waals surface area contributed by atoms with Gasteiger partial charge < -0.3 is 11.1 Å². The third kappa shape index (κ3) is 5.65. The molecular formula is C27H29ClFN7O3S. The number of hydrogen-bond donors (Lipinski definition) is 3. The van der Waals surface area contributed by atoms with Crippen LogP contribution in [0.4, 0.5) is 16.0 Å². The average Bonchev–Trinajstić information content (AvgIpc) is 2.90. The van der Waals surface area contributed by atoms with Gasteiger partial charge in [0.1, 0.15) is 21.9 Å². The highest BCUT2D eigenvalue weighted by molar-refractivity contribution is 7.92. The maximum absolute atomic E-state index is 15.1. The Morgan fingerprint density at radius 1 is 1.10 bits per heavy atom. The standard InChI is InChI=1S/C27H29ClFN7O3S/c1-15(2)36-25-22(14-31-27(34-25)32-18-10-8-17(30)9-11-18)33-24(26(36)37)16-7-12-21(20(29)13-16)35-40(38,39)23-6-4-3-5-19(23)28/h3-7,12-15,17-18,35H,8-11,30H2,1-2H3,(H,31,32,34). The zero-order valence-electron chi connectivity index (χ0n) is 21.9. The van der Waals surface area contributed by atoms with E-state index in [4.69, 9.17) is 17.3 Å².